The summed E-state index contributed by atoms with van der Waals surface area (Å²) >= 11 is 1.80. The van der Waals surface area contributed by atoms with E-state index < -0.39 is 0 Å². The van der Waals surface area contributed by atoms with Gasteiger partial charge in [-0.1, -0.05) is 0 Å². The monoisotopic (exact) mass is 236 g/mol. The Morgan fingerprint density at radius 2 is 2.38 bits per heavy atom. The summed E-state index contributed by atoms with van der Waals surface area (Å²) in [6, 6.07) is 2.25. The topological polar surface area (TPSA) is 15.3 Å². The first-order chi connectivity index (χ1) is 7.78. The summed E-state index contributed by atoms with van der Waals surface area (Å²) in [6.45, 7) is 5.96. The third-order valence-electron chi connectivity index (χ3n) is 4.00. The fourth-order valence-corrected chi connectivity index (χ4v) is 3.49. The van der Waals surface area contributed by atoms with Crippen molar-refractivity contribution in [2.75, 3.05) is 24.5 Å². The van der Waals surface area contributed by atoms with Gasteiger partial charge in [-0.15, -0.1) is 0 Å². The lowest BCUT2D eigenvalue weighted by Crippen LogP contribution is -2.51. The lowest BCUT2D eigenvalue weighted by Gasteiger charge is -2.34. The average molecular weight is 236 g/mol. The van der Waals surface area contributed by atoms with Crippen molar-refractivity contribution in [1.82, 2.24) is 5.32 Å². The van der Waals surface area contributed by atoms with Crippen LogP contribution in [0, 0.1) is 5.92 Å². The summed E-state index contributed by atoms with van der Waals surface area (Å²) < 4.78 is 0. The maximum Gasteiger partial charge on any atom is 0.0475 e. The highest BCUT2D eigenvalue weighted by Gasteiger charge is 2.43. The Hall–Kier alpha value is -0.540. The Balaban J connectivity index is 1.79. The zero-order chi connectivity index (χ0) is 11.0. The van der Waals surface area contributed by atoms with Gasteiger partial charge in [0, 0.05) is 29.7 Å². The first-order valence-electron chi connectivity index (χ1n) is 6.30. The van der Waals surface area contributed by atoms with E-state index in [0.29, 0.717) is 5.54 Å². The fourth-order valence-electron chi connectivity index (χ4n) is 2.83. The molecule has 0 aromatic carbocycles. The van der Waals surface area contributed by atoms with E-state index in [2.05, 4.69) is 34.0 Å². The smallest absolute Gasteiger partial charge is 0.0475 e. The minimum Gasteiger partial charge on any atom is -0.369 e. The van der Waals surface area contributed by atoms with Gasteiger partial charge in [0.2, 0.25) is 0 Å². The van der Waals surface area contributed by atoms with Crippen LogP contribution in [0.15, 0.2) is 16.8 Å². The van der Waals surface area contributed by atoms with Gasteiger partial charge >= 0.3 is 0 Å². The van der Waals surface area contributed by atoms with Gasteiger partial charge in [-0.3, -0.25) is 0 Å². The fraction of sp³-hybridized carbons (Fsp3) is 0.692. The second kappa shape index (κ2) is 4.04. The molecule has 1 aromatic heterocycles. The van der Waals surface area contributed by atoms with E-state index in [1.165, 1.54) is 44.6 Å². The zero-order valence-electron chi connectivity index (χ0n) is 9.91. The van der Waals surface area contributed by atoms with Crippen molar-refractivity contribution in [1.29, 1.82) is 0 Å². The van der Waals surface area contributed by atoms with Gasteiger partial charge in [0.25, 0.3) is 0 Å². The second-order valence-electron chi connectivity index (χ2n) is 5.38. The Morgan fingerprint density at radius 1 is 1.50 bits per heavy atom. The third kappa shape index (κ3) is 1.98. The summed E-state index contributed by atoms with van der Waals surface area (Å²) in [5.41, 5.74) is 1.76. The average Bonchev–Trinajstić information content (AvgIpc) is 3.03. The molecular formula is C13H20N2S. The van der Waals surface area contributed by atoms with E-state index in [-0.39, 0.29) is 0 Å². The highest BCUT2D eigenvalue weighted by molar-refractivity contribution is 7.08. The van der Waals surface area contributed by atoms with Crippen LogP contribution in [0.1, 0.15) is 26.2 Å². The summed E-state index contributed by atoms with van der Waals surface area (Å²) in [5.74, 6) is 0.909. The maximum atomic E-state index is 3.77. The molecule has 0 radical (unpaired) electrons. The molecule has 0 bridgehead atoms. The van der Waals surface area contributed by atoms with Crippen molar-refractivity contribution in [3.8, 4) is 0 Å². The summed E-state index contributed by atoms with van der Waals surface area (Å²) in [4.78, 5) is 2.56. The highest BCUT2D eigenvalue weighted by Crippen LogP contribution is 2.41. The van der Waals surface area contributed by atoms with Crippen LogP contribution in [0.5, 0.6) is 0 Å². The Morgan fingerprint density at radius 3 is 3.06 bits per heavy atom. The van der Waals surface area contributed by atoms with E-state index in [4.69, 9.17) is 0 Å². The molecule has 1 aliphatic carbocycles. The van der Waals surface area contributed by atoms with Gasteiger partial charge in [0.15, 0.2) is 0 Å². The van der Waals surface area contributed by atoms with Crippen LogP contribution in [0.3, 0.4) is 0 Å². The third-order valence-corrected chi connectivity index (χ3v) is 4.67. The molecule has 3 heteroatoms. The molecule has 2 heterocycles. The number of thiophene rings is 1. The van der Waals surface area contributed by atoms with E-state index in [0.717, 1.165) is 5.92 Å². The second-order valence-corrected chi connectivity index (χ2v) is 6.16. The number of hydrogen-bond acceptors (Lipinski definition) is 3. The Kier molecular flexibility index (Phi) is 2.68. The first-order valence-corrected chi connectivity index (χ1v) is 7.24. The van der Waals surface area contributed by atoms with Crippen molar-refractivity contribution in [2.24, 2.45) is 5.92 Å². The Bertz CT molecular complexity index is 345. The number of rotatable bonds is 2. The van der Waals surface area contributed by atoms with Gasteiger partial charge in [-0.05, 0) is 50.1 Å². The predicted octanol–water partition coefficient (Wildman–Crippen LogP) is 2.72. The molecule has 3 rings (SSSR count). The van der Waals surface area contributed by atoms with Crippen LogP contribution in [0.4, 0.5) is 5.69 Å². The van der Waals surface area contributed by atoms with Crippen LogP contribution in [-0.4, -0.2) is 25.2 Å². The standard InChI is InChI=1S/C13H20N2S/c1-13(11-3-4-11)10-15(7-2-6-14-13)12-5-8-16-9-12/h5,8-9,11,14H,2-4,6-7,10H2,1H3. The van der Waals surface area contributed by atoms with Gasteiger partial charge in [-0.2, -0.15) is 11.3 Å². The molecule has 88 valence electrons. The van der Waals surface area contributed by atoms with E-state index in [9.17, 15) is 0 Å². The van der Waals surface area contributed by atoms with Gasteiger partial charge in [0.1, 0.15) is 0 Å². The molecule has 1 saturated carbocycles. The van der Waals surface area contributed by atoms with Gasteiger partial charge in [-0.25, -0.2) is 0 Å². The van der Waals surface area contributed by atoms with Crippen LogP contribution >= 0.6 is 11.3 Å². The van der Waals surface area contributed by atoms with Gasteiger partial charge < -0.3 is 10.2 Å². The zero-order valence-corrected chi connectivity index (χ0v) is 10.7. The van der Waals surface area contributed by atoms with E-state index in [1.54, 1.807) is 11.3 Å². The largest absolute Gasteiger partial charge is 0.369 e. The minimum atomic E-state index is 0.346. The number of nitrogens with zero attached hydrogens (tertiary/aromatic N) is 1. The molecule has 0 amide bonds. The summed E-state index contributed by atoms with van der Waals surface area (Å²) in [6.07, 6.45) is 4.10. The molecule has 0 spiro atoms. The molecule has 2 nitrogen and oxygen atoms in total. The van der Waals surface area contributed by atoms with Crippen LogP contribution in [-0.2, 0) is 0 Å². The van der Waals surface area contributed by atoms with Crippen LogP contribution in [0.25, 0.3) is 0 Å². The molecule has 1 atom stereocenters. The normalized spacial score (nSPS) is 31.4. The van der Waals surface area contributed by atoms with Crippen molar-refractivity contribution >= 4 is 17.0 Å². The predicted molar refractivity (Wildman–Crippen MR) is 70.3 cm³/mol. The molecule has 16 heavy (non-hydrogen) atoms. The molecule has 2 fully saturated rings. The highest BCUT2D eigenvalue weighted by atomic mass is 32.1. The molecule has 1 aromatic rings. The van der Waals surface area contributed by atoms with Crippen molar-refractivity contribution in [2.45, 2.75) is 31.7 Å². The van der Waals surface area contributed by atoms with Crippen molar-refractivity contribution < 1.29 is 0 Å². The van der Waals surface area contributed by atoms with E-state index >= 15 is 0 Å². The maximum absolute atomic E-state index is 3.77. The van der Waals surface area contributed by atoms with Gasteiger partial charge in [0.05, 0.1) is 0 Å². The molecule has 1 N–H and O–H groups in total. The summed E-state index contributed by atoms with van der Waals surface area (Å²) in [5, 5.41) is 8.23. The molecule has 1 saturated heterocycles. The number of nitrogens with one attached hydrogen (secondary N) is 1. The first kappa shape index (κ1) is 10.6. The molecular weight excluding hydrogens is 216 g/mol. The van der Waals surface area contributed by atoms with Crippen LogP contribution in [0.2, 0.25) is 0 Å². The van der Waals surface area contributed by atoms with Crippen LogP contribution < -0.4 is 10.2 Å². The number of anilines is 1. The minimum absolute atomic E-state index is 0.346. The lowest BCUT2D eigenvalue weighted by atomic mass is 9.95. The molecule has 1 unspecified atom stereocenters. The molecule has 2 aliphatic rings. The lowest BCUT2D eigenvalue weighted by molar-refractivity contribution is 0.331. The van der Waals surface area contributed by atoms with Crippen molar-refractivity contribution in [3.05, 3.63) is 16.8 Å². The van der Waals surface area contributed by atoms with Crippen molar-refractivity contribution in [3.63, 3.8) is 0 Å². The quantitative estimate of drug-likeness (QED) is 0.849. The molecule has 1 aliphatic heterocycles. The van der Waals surface area contributed by atoms with E-state index in [1.807, 2.05) is 0 Å². The Labute approximate surface area is 102 Å². The summed E-state index contributed by atoms with van der Waals surface area (Å²) in [7, 11) is 0. The number of hydrogen-bond donors (Lipinski definition) is 1. The SMILES string of the molecule is CC1(C2CC2)CN(c2ccsc2)CCCN1.